The van der Waals surface area contributed by atoms with Gasteiger partial charge in [0.25, 0.3) is 0 Å². The van der Waals surface area contributed by atoms with E-state index in [4.69, 9.17) is 19.7 Å². The van der Waals surface area contributed by atoms with Crippen molar-refractivity contribution < 1.29 is 41.3 Å². The predicted molar refractivity (Wildman–Crippen MR) is 153 cm³/mol. The third-order valence-electron chi connectivity index (χ3n) is 6.44. The summed E-state index contributed by atoms with van der Waals surface area (Å²) < 4.78 is 42.9. The van der Waals surface area contributed by atoms with Gasteiger partial charge < -0.3 is 28.7 Å². The summed E-state index contributed by atoms with van der Waals surface area (Å²) >= 11 is 0. The number of unbranched alkanes of at least 4 members (excludes halogenated alkanes) is 12. The summed E-state index contributed by atoms with van der Waals surface area (Å²) in [7, 11) is -1.34. The average molecular weight is 570 g/mol. The van der Waals surface area contributed by atoms with Gasteiger partial charge in [-0.2, -0.15) is 0 Å². The SMILES string of the molecule is CCCCCCCCC=CCCCCCCCC[N+](C)(CCOCCO)CCOCCO.COS(=O)(=O)[O-]. The molecule has 0 bridgehead atoms. The number of likely N-dealkylation sites (N-methyl/N-ethyl adjacent to an activating group) is 1. The molecule has 10 heteroatoms. The molecule has 0 aromatic heterocycles. The molecule has 0 rings (SSSR count). The zero-order chi connectivity index (χ0) is 28.8. The molecule has 0 heterocycles. The molecule has 0 saturated heterocycles. The number of aliphatic hydroxyl groups is 2. The highest BCUT2D eigenvalue weighted by molar-refractivity contribution is 7.80. The van der Waals surface area contributed by atoms with Crippen LogP contribution in [-0.4, -0.2) is 101 Å². The van der Waals surface area contributed by atoms with Crippen molar-refractivity contribution in [2.24, 2.45) is 0 Å². The van der Waals surface area contributed by atoms with Crippen LogP contribution in [0.3, 0.4) is 0 Å². The van der Waals surface area contributed by atoms with Crippen molar-refractivity contribution in [3.05, 3.63) is 12.2 Å². The Morgan fingerprint density at radius 2 is 1.08 bits per heavy atom. The van der Waals surface area contributed by atoms with Crippen LogP contribution in [0.4, 0.5) is 0 Å². The average Bonchev–Trinajstić information content (AvgIpc) is 2.89. The molecule has 0 spiro atoms. The number of ether oxygens (including phenoxy) is 2. The lowest BCUT2D eigenvalue weighted by Gasteiger charge is -2.34. The van der Waals surface area contributed by atoms with E-state index < -0.39 is 10.4 Å². The van der Waals surface area contributed by atoms with Crippen LogP contribution in [0.25, 0.3) is 0 Å². The van der Waals surface area contributed by atoms with Crippen molar-refractivity contribution in [2.75, 3.05) is 73.4 Å². The lowest BCUT2D eigenvalue weighted by Crippen LogP contribution is -2.49. The van der Waals surface area contributed by atoms with Crippen LogP contribution < -0.4 is 0 Å². The summed E-state index contributed by atoms with van der Waals surface area (Å²) in [5.74, 6) is 0. The molecule has 0 aliphatic rings. The molecule has 0 amide bonds. The minimum absolute atomic E-state index is 0.0816. The van der Waals surface area contributed by atoms with E-state index >= 15 is 0 Å². The van der Waals surface area contributed by atoms with Crippen LogP contribution in [0.1, 0.15) is 96.8 Å². The van der Waals surface area contributed by atoms with Crippen molar-refractivity contribution in [2.45, 2.75) is 96.8 Å². The molecular formula is C28H59NO8S. The highest BCUT2D eigenvalue weighted by atomic mass is 32.3. The van der Waals surface area contributed by atoms with Crippen LogP contribution in [0.5, 0.6) is 0 Å². The van der Waals surface area contributed by atoms with Gasteiger partial charge in [-0.15, -0.1) is 0 Å². The fourth-order valence-corrected chi connectivity index (χ4v) is 3.98. The van der Waals surface area contributed by atoms with Crippen LogP contribution in [0, 0.1) is 0 Å². The van der Waals surface area contributed by atoms with E-state index in [1.165, 1.54) is 89.9 Å². The molecule has 0 fully saturated rings. The molecule has 0 saturated carbocycles. The third-order valence-corrected chi connectivity index (χ3v) is 6.84. The Balaban J connectivity index is 0. The van der Waals surface area contributed by atoms with Gasteiger partial charge >= 0.3 is 0 Å². The Bertz CT molecular complexity index is 590. The highest BCUT2D eigenvalue weighted by Gasteiger charge is 2.20. The van der Waals surface area contributed by atoms with E-state index in [0.717, 1.165) is 31.2 Å². The molecule has 0 aromatic carbocycles. The van der Waals surface area contributed by atoms with Crippen molar-refractivity contribution in [3.63, 3.8) is 0 Å². The molecule has 0 aliphatic carbocycles. The smallest absolute Gasteiger partial charge is 0.217 e. The lowest BCUT2D eigenvalue weighted by atomic mass is 10.1. The van der Waals surface area contributed by atoms with E-state index in [1.54, 1.807) is 0 Å². The van der Waals surface area contributed by atoms with Gasteiger partial charge in [-0.25, -0.2) is 8.42 Å². The van der Waals surface area contributed by atoms with Gasteiger partial charge in [0, 0.05) is 0 Å². The monoisotopic (exact) mass is 569 g/mol. The van der Waals surface area contributed by atoms with E-state index in [0.29, 0.717) is 26.4 Å². The third kappa shape index (κ3) is 33.4. The minimum Gasteiger partial charge on any atom is -0.726 e. The largest absolute Gasteiger partial charge is 0.726 e. The summed E-state index contributed by atoms with van der Waals surface area (Å²) in [6.07, 6.45) is 23.5. The molecule has 2 N–H and O–H groups in total. The fourth-order valence-electron chi connectivity index (χ4n) is 3.98. The number of nitrogens with zero attached hydrogens (tertiary/aromatic N) is 1. The Kier molecular flexibility index (Phi) is 30.6. The van der Waals surface area contributed by atoms with Crippen LogP contribution >= 0.6 is 0 Å². The maximum atomic E-state index is 9.22. The molecule has 0 aromatic rings. The quantitative estimate of drug-likeness (QED) is 0.0484. The number of quaternary nitrogens is 1. The highest BCUT2D eigenvalue weighted by Crippen LogP contribution is 2.12. The van der Waals surface area contributed by atoms with Crippen LogP contribution in [-0.2, 0) is 24.1 Å². The summed E-state index contributed by atoms with van der Waals surface area (Å²) in [5.41, 5.74) is 0. The summed E-state index contributed by atoms with van der Waals surface area (Å²) in [6, 6.07) is 0. The van der Waals surface area contributed by atoms with Gasteiger partial charge in [0.05, 0.1) is 60.3 Å². The van der Waals surface area contributed by atoms with E-state index in [-0.39, 0.29) is 13.2 Å². The van der Waals surface area contributed by atoms with Gasteiger partial charge in [0.15, 0.2) is 0 Å². The van der Waals surface area contributed by atoms with E-state index in [9.17, 15) is 13.0 Å². The number of aliphatic hydroxyl groups excluding tert-OH is 2. The molecule has 0 atom stereocenters. The minimum atomic E-state index is -4.41. The molecular weight excluding hydrogens is 510 g/mol. The van der Waals surface area contributed by atoms with Crippen molar-refractivity contribution in [3.8, 4) is 0 Å². The molecule has 0 aliphatic heterocycles. The second-order valence-corrected chi connectivity index (χ2v) is 11.1. The molecule has 38 heavy (non-hydrogen) atoms. The summed E-state index contributed by atoms with van der Waals surface area (Å²) in [4.78, 5) is 0. The fraction of sp³-hybridized carbons (Fsp3) is 0.929. The van der Waals surface area contributed by atoms with E-state index in [1.807, 2.05) is 0 Å². The maximum Gasteiger partial charge on any atom is 0.217 e. The second kappa shape index (κ2) is 29.4. The number of allylic oxidation sites excluding steroid dienone is 2. The number of hydrogen-bond acceptors (Lipinski definition) is 8. The van der Waals surface area contributed by atoms with Crippen LogP contribution in [0.15, 0.2) is 12.2 Å². The van der Waals surface area contributed by atoms with Gasteiger partial charge in [-0.05, 0) is 38.5 Å². The number of rotatable bonds is 27. The first kappa shape index (κ1) is 39.6. The van der Waals surface area contributed by atoms with Crippen molar-refractivity contribution >= 4 is 10.4 Å². The molecule has 0 radical (unpaired) electrons. The van der Waals surface area contributed by atoms with Crippen molar-refractivity contribution in [1.82, 2.24) is 0 Å². The molecule has 9 nitrogen and oxygen atoms in total. The predicted octanol–water partition coefficient (Wildman–Crippen LogP) is 4.58. The Morgan fingerprint density at radius 3 is 1.47 bits per heavy atom. The maximum absolute atomic E-state index is 9.22. The first-order valence-corrected chi connectivity index (χ1v) is 15.9. The normalized spacial score (nSPS) is 12.2. The summed E-state index contributed by atoms with van der Waals surface area (Å²) in [5, 5.41) is 17.8. The summed E-state index contributed by atoms with van der Waals surface area (Å²) in [6.45, 7) is 7.61. The first-order chi connectivity index (χ1) is 18.2. The molecule has 230 valence electrons. The lowest BCUT2D eigenvalue weighted by molar-refractivity contribution is -0.910. The second-order valence-electron chi connectivity index (χ2n) is 9.98. The Morgan fingerprint density at radius 1 is 0.684 bits per heavy atom. The van der Waals surface area contributed by atoms with E-state index in [2.05, 4.69) is 30.3 Å². The van der Waals surface area contributed by atoms with Gasteiger partial charge in [-0.1, -0.05) is 70.4 Å². The van der Waals surface area contributed by atoms with Crippen molar-refractivity contribution in [1.29, 1.82) is 0 Å². The zero-order valence-corrected chi connectivity index (χ0v) is 25.4. The zero-order valence-electron chi connectivity index (χ0n) is 24.6. The first-order valence-electron chi connectivity index (χ1n) is 14.6. The van der Waals surface area contributed by atoms with Gasteiger partial charge in [0.1, 0.15) is 13.1 Å². The Hall–Kier alpha value is -0.590. The standard InChI is InChI=1S/C27H56NO4.CH4O4S/c1-3-4-5-6-7-8-9-10-11-12-13-14-15-16-17-18-19-28(2,20-24-31-26-22-29)21-25-32-27-23-30;1-5-6(2,3)4/h10-11,29-30H,3-9,12-27H2,1-2H3;1H3,(H,2,3,4)/q+1;/p-1. The topological polar surface area (TPSA) is 125 Å². The van der Waals surface area contributed by atoms with Gasteiger partial charge in [0.2, 0.25) is 10.4 Å². The molecule has 0 unspecified atom stereocenters. The van der Waals surface area contributed by atoms with Crippen LogP contribution in [0.2, 0.25) is 0 Å². The van der Waals surface area contributed by atoms with Gasteiger partial charge in [-0.3, -0.25) is 4.18 Å². The number of hydrogen-bond donors (Lipinski definition) is 2. The Labute approximate surface area is 234 Å².